The zero-order valence-electron chi connectivity index (χ0n) is 18.1. The molecule has 2 nitrogen and oxygen atoms in total. The van der Waals surface area contributed by atoms with E-state index < -0.39 is 0 Å². The summed E-state index contributed by atoms with van der Waals surface area (Å²) in [4.78, 5) is 2.45. The van der Waals surface area contributed by atoms with Crippen LogP contribution in [0.15, 0.2) is 125 Å². The number of rotatable bonds is 7. The van der Waals surface area contributed by atoms with Crippen molar-refractivity contribution >= 4 is 22.5 Å². The Morgan fingerprint density at radius 2 is 1.36 bits per heavy atom. The van der Waals surface area contributed by atoms with Gasteiger partial charge >= 0.3 is 0 Å². The molecule has 0 aliphatic heterocycles. The number of benzene rings is 5. The lowest BCUT2D eigenvalue weighted by molar-refractivity contribution is 0.202. The predicted molar refractivity (Wildman–Crippen MR) is 138 cm³/mol. The van der Waals surface area contributed by atoms with Crippen LogP contribution in [-0.2, 0) is 0 Å². The molecule has 0 aromatic heterocycles. The van der Waals surface area contributed by atoms with E-state index in [-0.39, 0.29) is 13.2 Å². The van der Waals surface area contributed by atoms with E-state index in [4.69, 9.17) is 4.74 Å². The van der Waals surface area contributed by atoms with Crippen LogP contribution in [0.1, 0.15) is 0 Å². The van der Waals surface area contributed by atoms with Crippen molar-refractivity contribution in [1.82, 2.24) is 0 Å². The first kappa shape index (κ1) is 21.3. The summed E-state index contributed by atoms with van der Waals surface area (Å²) >= 11 is 1.79. The van der Waals surface area contributed by atoms with E-state index in [1.807, 2.05) is 30.3 Å². The number of ether oxygens (including phenoxy) is 1. The monoisotopic (exact) mass is 448 g/mol. The average molecular weight is 449 g/mol. The van der Waals surface area contributed by atoms with E-state index in [1.54, 1.807) is 11.8 Å². The topological polar surface area (TPSA) is 29.5 Å². The van der Waals surface area contributed by atoms with Gasteiger partial charge in [-0.3, -0.25) is 0 Å². The lowest BCUT2D eigenvalue weighted by Crippen LogP contribution is -2.03. The van der Waals surface area contributed by atoms with Crippen LogP contribution in [0.25, 0.3) is 33.0 Å². The number of aliphatic hydroxyl groups is 1. The highest BCUT2D eigenvalue weighted by atomic mass is 32.2. The number of hydrogen-bond acceptors (Lipinski definition) is 3. The van der Waals surface area contributed by atoms with Gasteiger partial charge in [0.25, 0.3) is 0 Å². The van der Waals surface area contributed by atoms with Gasteiger partial charge in [0.2, 0.25) is 0 Å². The maximum Gasteiger partial charge on any atom is 0.127 e. The van der Waals surface area contributed by atoms with Gasteiger partial charge in [-0.1, -0.05) is 103 Å². The van der Waals surface area contributed by atoms with Crippen LogP contribution in [0, 0.1) is 0 Å². The molecule has 0 radical (unpaired) electrons. The molecule has 5 rings (SSSR count). The van der Waals surface area contributed by atoms with E-state index in [1.165, 1.54) is 26.1 Å². The molecule has 3 heteroatoms. The molecule has 0 heterocycles. The van der Waals surface area contributed by atoms with Crippen LogP contribution in [0.3, 0.4) is 0 Å². The number of fused-ring (bicyclic) bond motifs is 1. The quantitative estimate of drug-likeness (QED) is 0.277. The van der Waals surface area contributed by atoms with Crippen LogP contribution in [-0.4, -0.2) is 18.3 Å². The summed E-state index contributed by atoms with van der Waals surface area (Å²) in [5, 5.41) is 11.7. The Labute approximate surface area is 198 Å². The van der Waals surface area contributed by atoms with Crippen molar-refractivity contribution in [3.05, 3.63) is 115 Å². The maximum atomic E-state index is 9.27. The highest BCUT2D eigenvalue weighted by Gasteiger charge is 2.14. The van der Waals surface area contributed by atoms with Gasteiger partial charge in [-0.05, 0) is 51.7 Å². The molecule has 0 atom stereocenters. The van der Waals surface area contributed by atoms with E-state index in [0.29, 0.717) is 0 Å². The van der Waals surface area contributed by atoms with Gasteiger partial charge in [0.1, 0.15) is 12.4 Å². The molecule has 0 spiro atoms. The molecular weight excluding hydrogens is 424 g/mol. The average Bonchev–Trinajstić information content (AvgIpc) is 2.89. The Hall–Kier alpha value is -3.53. The minimum absolute atomic E-state index is 0.0154. The van der Waals surface area contributed by atoms with Gasteiger partial charge in [-0.2, -0.15) is 0 Å². The first-order valence-electron chi connectivity index (χ1n) is 11.0. The van der Waals surface area contributed by atoms with Crippen molar-refractivity contribution in [1.29, 1.82) is 0 Å². The molecule has 0 fully saturated rings. The Bertz CT molecular complexity index is 1360. The van der Waals surface area contributed by atoms with E-state index >= 15 is 0 Å². The van der Waals surface area contributed by atoms with Gasteiger partial charge in [-0.25, -0.2) is 0 Å². The van der Waals surface area contributed by atoms with Crippen LogP contribution >= 0.6 is 11.8 Å². The van der Waals surface area contributed by atoms with Crippen LogP contribution in [0.2, 0.25) is 0 Å². The van der Waals surface area contributed by atoms with Crippen molar-refractivity contribution in [2.75, 3.05) is 13.2 Å². The highest BCUT2D eigenvalue weighted by Crippen LogP contribution is 2.43. The summed E-state index contributed by atoms with van der Waals surface area (Å²) in [5.41, 5.74) is 4.43. The number of hydrogen-bond donors (Lipinski definition) is 1. The normalized spacial score (nSPS) is 10.9. The molecule has 0 aliphatic carbocycles. The summed E-state index contributed by atoms with van der Waals surface area (Å²) in [7, 11) is 0. The van der Waals surface area contributed by atoms with Crippen molar-refractivity contribution in [3.8, 4) is 28.0 Å². The third kappa shape index (κ3) is 4.65. The molecule has 162 valence electrons. The molecule has 0 amide bonds. The Morgan fingerprint density at radius 1 is 0.636 bits per heavy atom. The van der Waals surface area contributed by atoms with E-state index in [0.717, 1.165) is 22.4 Å². The summed E-state index contributed by atoms with van der Waals surface area (Å²) in [6.07, 6.45) is 0. The second kappa shape index (κ2) is 9.95. The Morgan fingerprint density at radius 3 is 2.15 bits per heavy atom. The van der Waals surface area contributed by atoms with E-state index in [9.17, 15) is 5.11 Å². The summed E-state index contributed by atoms with van der Waals surface area (Å²) in [5.74, 6) is 0.775. The van der Waals surface area contributed by atoms with Gasteiger partial charge in [0, 0.05) is 15.4 Å². The van der Waals surface area contributed by atoms with Gasteiger partial charge in [0.15, 0.2) is 0 Å². The smallest absolute Gasteiger partial charge is 0.127 e. The summed E-state index contributed by atoms with van der Waals surface area (Å²) in [6, 6.07) is 40.0. The van der Waals surface area contributed by atoms with E-state index in [2.05, 4.69) is 84.9 Å². The molecule has 0 aliphatic rings. The molecular formula is C30H24O2S. The fourth-order valence-corrected chi connectivity index (χ4v) is 5.13. The summed E-state index contributed by atoms with van der Waals surface area (Å²) < 4.78 is 5.87. The van der Waals surface area contributed by atoms with Gasteiger partial charge < -0.3 is 9.84 Å². The van der Waals surface area contributed by atoms with Gasteiger partial charge in [0.05, 0.1) is 6.61 Å². The summed E-state index contributed by atoms with van der Waals surface area (Å²) in [6.45, 7) is 0.253. The van der Waals surface area contributed by atoms with Gasteiger partial charge in [-0.15, -0.1) is 0 Å². The first-order chi connectivity index (χ1) is 16.3. The van der Waals surface area contributed by atoms with Crippen LogP contribution in [0.4, 0.5) is 0 Å². The molecule has 0 bridgehead atoms. The standard InChI is InChI=1S/C30H24O2S/c31-19-20-32-29-18-16-24(21-28(29)22-9-3-1-4-10-22)27-17-15-23-11-7-8-14-26(23)30(27)33-25-12-5-2-6-13-25/h1-18,21,31H,19-20H2. The molecule has 5 aromatic carbocycles. The maximum absolute atomic E-state index is 9.27. The lowest BCUT2D eigenvalue weighted by atomic mass is 9.96. The third-order valence-corrected chi connectivity index (χ3v) is 6.72. The Balaban J connectivity index is 1.68. The lowest BCUT2D eigenvalue weighted by Gasteiger charge is -2.16. The predicted octanol–water partition coefficient (Wildman–Crippen LogP) is 7.70. The SMILES string of the molecule is OCCOc1ccc(-c2ccc3ccccc3c2Sc2ccccc2)cc1-c1ccccc1. The zero-order chi connectivity index (χ0) is 22.5. The minimum Gasteiger partial charge on any atom is -0.491 e. The van der Waals surface area contributed by atoms with Crippen LogP contribution < -0.4 is 4.74 Å². The molecule has 5 aromatic rings. The molecule has 0 unspecified atom stereocenters. The fraction of sp³-hybridized carbons (Fsp3) is 0.0667. The number of aliphatic hydroxyl groups excluding tert-OH is 1. The molecule has 0 saturated carbocycles. The minimum atomic E-state index is -0.0154. The van der Waals surface area contributed by atoms with Crippen molar-refractivity contribution < 1.29 is 9.84 Å². The second-order valence-electron chi connectivity index (χ2n) is 7.73. The fourth-order valence-electron chi connectivity index (χ4n) is 4.01. The highest BCUT2D eigenvalue weighted by molar-refractivity contribution is 7.99. The zero-order valence-corrected chi connectivity index (χ0v) is 19.0. The Kier molecular flexibility index (Phi) is 6.43. The third-order valence-electron chi connectivity index (χ3n) is 5.57. The molecule has 33 heavy (non-hydrogen) atoms. The first-order valence-corrected chi connectivity index (χ1v) is 11.8. The van der Waals surface area contributed by atoms with Crippen molar-refractivity contribution in [2.24, 2.45) is 0 Å². The van der Waals surface area contributed by atoms with Crippen molar-refractivity contribution in [2.45, 2.75) is 9.79 Å². The van der Waals surface area contributed by atoms with Crippen LogP contribution in [0.5, 0.6) is 5.75 Å². The second-order valence-corrected chi connectivity index (χ2v) is 8.81. The molecule has 0 saturated heterocycles. The van der Waals surface area contributed by atoms with Crippen molar-refractivity contribution in [3.63, 3.8) is 0 Å². The largest absolute Gasteiger partial charge is 0.491 e. The molecule has 1 N–H and O–H groups in total.